The predicted octanol–water partition coefficient (Wildman–Crippen LogP) is 4.01. The van der Waals surface area contributed by atoms with Crippen molar-refractivity contribution in [2.24, 2.45) is 0 Å². The van der Waals surface area contributed by atoms with Crippen LogP contribution in [0.25, 0.3) is 5.69 Å². The standard InChI is InChI=1S/C24H28N4O4S/c1-18-7-8-19(17-23(18)33(30,31)27-14-5-3-4-6-15-27)25-24(29)22-13-16-28(26-22)20-9-11-21(32-2)12-10-20/h7-13,16-17H,3-6,14-15H2,1-2H3,(H,25,29). The first-order chi connectivity index (χ1) is 15.9. The summed E-state index contributed by atoms with van der Waals surface area (Å²) in [5.41, 5.74) is 2.08. The van der Waals surface area contributed by atoms with Crippen LogP contribution in [0.1, 0.15) is 41.7 Å². The van der Waals surface area contributed by atoms with E-state index in [-0.39, 0.29) is 10.6 Å². The molecular weight excluding hydrogens is 440 g/mol. The van der Waals surface area contributed by atoms with Gasteiger partial charge in [0.15, 0.2) is 5.69 Å². The van der Waals surface area contributed by atoms with Crippen LogP contribution in [0.3, 0.4) is 0 Å². The molecule has 1 saturated heterocycles. The Morgan fingerprint density at radius 2 is 1.70 bits per heavy atom. The molecule has 1 aliphatic rings. The van der Waals surface area contributed by atoms with Gasteiger partial charge in [-0.25, -0.2) is 13.1 Å². The molecular formula is C24H28N4O4S. The van der Waals surface area contributed by atoms with Crippen molar-refractivity contribution in [3.63, 3.8) is 0 Å². The molecule has 3 aromatic rings. The largest absolute Gasteiger partial charge is 0.497 e. The van der Waals surface area contributed by atoms with Crippen molar-refractivity contribution in [3.05, 3.63) is 66.0 Å². The fourth-order valence-corrected chi connectivity index (χ4v) is 5.66. The summed E-state index contributed by atoms with van der Waals surface area (Å²) in [6, 6.07) is 13.9. The van der Waals surface area contributed by atoms with Gasteiger partial charge < -0.3 is 10.1 Å². The van der Waals surface area contributed by atoms with Gasteiger partial charge in [-0.3, -0.25) is 4.79 Å². The summed E-state index contributed by atoms with van der Waals surface area (Å²) >= 11 is 0. The van der Waals surface area contributed by atoms with Crippen LogP contribution in [0.4, 0.5) is 5.69 Å². The van der Waals surface area contributed by atoms with Gasteiger partial charge in [-0.05, 0) is 67.8 Å². The van der Waals surface area contributed by atoms with Crippen molar-refractivity contribution < 1.29 is 17.9 Å². The Balaban J connectivity index is 1.52. The summed E-state index contributed by atoms with van der Waals surface area (Å²) in [5.74, 6) is 0.318. The molecule has 1 fully saturated rings. The maximum atomic E-state index is 13.3. The predicted molar refractivity (Wildman–Crippen MR) is 126 cm³/mol. The molecule has 33 heavy (non-hydrogen) atoms. The van der Waals surface area contributed by atoms with E-state index in [4.69, 9.17) is 4.74 Å². The lowest BCUT2D eigenvalue weighted by Crippen LogP contribution is -2.32. The number of nitrogens with one attached hydrogen (secondary N) is 1. The van der Waals surface area contributed by atoms with E-state index < -0.39 is 15.9 Å². The molecule has 2 heterocycles. The molecule has 0 bridgehead atoms. The molecule has 8 nitrogen and oxygen atoms in total. The second-order valence-electron chi connectivity index (χ2n) is 8.10. The highest BCUT2D eigenvalue weighted by atomic mass is 32.2. The van der Waals surface area contributed by atoms with E-state index in [1.54, 1.807) is 47.4 Å². The van der Waals surface area contributed by atoms with Crippen LogP contribution in [0, 0.1) is 6.92 Å². The fraction of sp³-hybridized carbons (Fsp3) is 0.333. The topological polar surface area (TPSA) is 93.5 Å². The molecule has 0 aliphatic carbocycles. The zero-order valence-corrected chi connectivity index (χ0v) is 19.6. The lowest BCUT2D eigenvalue weighted by atomic mass is 10.2. The van der Waals surface area contributed by atoms with Crippen LogP contribution in [0.2, 0.25) is 0 Å². The number of aromatic nitrogens is 2. The Hall–Kier alpha value is -3.17. The van der Waals surface area contributed by atoms with Crippen LogP contribution < -0.4 is 10.1 Å². The average Bonchev–Trinajstić information content (AvgIpc) is 3.15. The summed E-state index contributed by atoms with van der Waals surface area (Å²) in [4.78, 5) is 13.0. The number of anilines is 1. The van der Waals surface area contributed by atoms with Crippen LogP contribution >= 0.6 is 0 Å². The maximum absolute atomic E-state index is 13.3. The zero-order valence-electron chi connectivity index (χ0n) is 18.8. The number of carbonyl (C=O) groups is 1. The number of carbonyl (C=O) groups excluding carboxylic acids is 1. The Kier molecular flexibility index (Phi) is 6.80. The monoisotopic (exact) mass is 468 g/mol. The fourth-order valence-electron chi connectivity index (χ4n) is 3.90. The van der Waals surface area contributed by atoms with Crippen molar-refractivity contribution >= 4 is 21.6 Å². The smallest absolute Gasteiger partial charge is 0.276 e. The summed E-state index contributed by atoms with van der Waals surface area (Å²) in [7, 11) is -2.03. The van der Waals surface area contributed by atoms with Crippen molar-refractivity contribution in [3.8, 4) is 11.4 Å². The van der Waals surface area contributed by atoms with Crippen molar-refractivity contribution in [1.29, 1.82) is 0 Å². The third-order valence-electron chi connectivity index (χ3n) is 5.79. The van der Waals surface area contributed by atoms with E-state index in [2.05, 4.69) is 10.4 Å². The molecule has 0 radical (unpaired) electrons. The van der Waals surface area contributed by atoms with Crippen LogP contribution in [0.15, 0.2) is 59.6 Å². The molecule has 1 aliphatic heterocycles. The number of sulfonamides is 1. The van der Waals surface area contributed by atoms with Gasteiger partial charge in [0.2, 0.25) is 10.0 Å². The normalized spacial score (nSPS) is 15.1. The molecule has 9 heteroatoms. The lowest BCUT2D eigenvalue weighted by Gasteiger charge is -2.21. The van der Waals surface area contributed by atoms with E-state index in [9.17, 15) is 13.2 Å². The summed E-state index contributed by atoms with van der Waals surface area (Å²) in [6.45, 7) is 2.83. The first-order valence-corrected chi connectivity index (χ1v) is 12.4. The third kappa shape index (κ3) is 5.09. The van der Waals surface area contributed by atoms with Crippen LogP contribution in [-0.2, 0) is 10.0 Å². The molecule has 0 saturated carbocycles. The quantitative estimate of drug-likeness (QED) is 0.590. The highest BCUT2D eigenvalue weighted by Crippen LogP contribution is 2.26. The molecule has 1 aromatic heterocycles. The lowest BCUT2D eigenvalue weighted by molar-refractivity contribution is 0.102. The number of benzene rings is 2. The molecule has 1 amide bonds. The van der Waals surface area contributed by atoms with Crippen LogP contribution in [0.5, 0.6) is 5.75 Å². The van der Waals surface area contributed by atoms with E-state index >= 15 is 0 Å². The summed E-state index contributed by atoms with van der Waals surface area (Å²) in [6.07, 6.45) is 5.52. The van der Waals surface area contributed by atoms with Gasteiger partial charge >= 0.3 is 0 Å². The number of hydrogen-bond donors (Lipinski definition) is 1. The molecule has 174 valence electrons. The Labute approximate surface area is 194 Å². The number of hydrogen-bond acceptors (Lipinski definition) is 5. The average molecular weight is 469 g/mol. The van der Waals surface area contributed by atoms with E-state index in [0.717, 1.165) is 37.1 Å². The Bertz CT molecular complexity index is 1230. The number of ether oxygens (including phenoxy) is 1. The second kappa shape index (κ2) is 9.76. The minimum absolute atomic E-state index is 0.225. The number of methoxy groups -OCH3 is 1. The maximum Gasteiger partial charge on any atom is 0.276 e. The highest BCUT2D eigenvalue weighted by Gasteiger charge is 2.27. The molecule has 1 N–H and O–H groups in total. The van der Waals surface area contributed by atoms with E-state index in [1.807, 2.05) is 24.3 Å². The molecule has 0 atom stereocenters. The van der Waals surface area contributed by atoms with Gasteiger partial charge in [0.25, 0.3) is 5.91 Å². The van der Waals surface area contributed by atoms with Crippen LogP contribution in [-0.4, -0.2) is 48.6 Å². The number of amides is 1. The van der Waals surface area contributed by atoms with Crippen molar-refractivity contribution in [2.75, 3.05) is 25.5 Å². The molecule has 0 unspecified atom stereocenters. The zero-order chi connectivity index (χ0) is 23.4. The number of nitrogens with zero attached hydrogens (tertiary/aromatic N) is 3. The Morgan fingerprint density at radius 3 is 2.36 bits per heavy atom. The third-order valence-corrected chi connectivity index (χ3v) is 7.83. The van der Waals surface area contributed by atoms with Gasteiger partial charge in [-0.1, -0.05) is 18.9 Å². The SMILES string of the molecule is COc1ccc(-n2ccc(C(=O)Nc3ccc(C)c(S(=O)(=O)N4CCCCCC4)c3)n2)cc1. The molecule has 2 aromatic carbocycles. The molecule has 4 rings (SSSR count). The minimum atomic E-state index is -3.62. The van der Waals surface area contributed by atoms with E-state index in [0.29, 0.717) is 24.3 Å². The van der Waals surface area contributed by atoms with E-state index in [1.165, 1.54) is 6.07 Å². The first kappa shape index (κ1) is 23.0. The number of aryl methyl sites for hydroxylation is 1. The Morgan fingerprint density at radius 1 is 1.00 bits per heavy atom. The van der Waals surface area contributed by atoms with Gasteiger partial charge in [0.05, 0.1) is 17.7 Å². The molecule has 0 spiro atoms. The van der Waals surface area contributed by atoms with Gasteiger partial charge in [-0.2, -0.15) is 9.40 Å². The number of rotatable bonds is 6. The second-order valence-corrected chi connectivity index (χ2v) is 10.0. The van der Waals surface area contributed by atoms with Crippen molar-refractivity contribution in [1.82, 2.24) is 14.1 Å². The van der Waals surface area contributed by atoms with Gasteiger partial charge in [-0.15, -0.1) is 0 Å². The minimum Gasteiger partial charge on any atom is -0.497 e. The highest BCUT2D eigenvalue weighted by molar-refractivity contribution is 7.89. The van der Waals surface area contributed by atoms with Gasteiger partial charge in [0.1, 0.15) is 5.75 Å². The summed E-state index contributed by atoms with van der Waals surface area (Å²) < 4.78 is 34.8. The first-order valence-electron chi connectivity index (χ1n) is 11.0. The van der Waals surface area contributed by atoms with Gasteiger partial charge in [0, 0.05) is 25.0 Å². The van der Waals surface area contributed by atoms with Crippen molar-refractivity contribution in [2.45, 2.75) is 37.5 Å². The summed E-state index contributed by atoms with van der Waals surface area (Å²) in [5, 5.41) is 7.12.